The van der Waals surface area contributed by atoms with E-state index in [9.17, 15) is 18.8 Å². The molecule has 1 atom stereocenters. The number of hydrogen-bond acceptors (Lipinski definition) is 7. The zero-order chi connectivity index (χ0) is 26.1. The molecule has 36 heavy (non-hydrogen) atoms. The Labute approximate surface area is 207 Å². The van der Waals surface area contributed by atoms with Gasteiger partial charge in [0.2, 0.25) is 11.8 Å². The van der Waals surface area contributed by atoms with Gasteiger partial charge in [0.25, 0.3) is 11.5 Å². The summed E-state index contributed by atoms with van der Waals surface area (Å²) in [6, 6.07) is 3.85. The van der Waals surface area contributed by atoms with Gasteiger partial charge in [-0.2, -0.15) is 10.1 Å². The summed E-state index contributed by atoms with van der Waals surface area (Å²) in [5.74, 6) is -0.508. The molecular weight excluding hydrogens is 467 g/mol. The first-order chi connectivity index (χ1) is 17.1. The van der Waals surface area contributed by atoms with Crippen LogP contribution in [0.2, 0.25) is 0 Å². The summed E-state index contributed by atoms with van der Waals surface area (Å²) in [5, 5.41) is 10.5. The first-order valence-electron chi connectivity index (χ1n) is 11.8. The van der Waals surface area contributed by atoms with E-state index in [0.717, 1.165) is 5.56 Å². The van der Waals surface area contributed by atoms with E-state index >= 15 is 0 Å². The second-order valence-electron chi connectivity index (χ2n) is 9.38. The standard InChI is InChI=1S/C25H29FN6O4/c1-13(2)22-27-24(36-30-22)16(5)32-9-8-31(12-21(32)33)25(35)18-10-17(6-7-19(18)26)11-20-14(3)15(4)23(34)29-28-20/h6-7,10,13,16H,8-9,11-12H2,1-5H3,(H,29,34). The molecule has 1 aromatic carbocycles. The second kappa shape index (κ2) is 10.00. The third kappa shape index (κ3) is 4.91. The van der Waals surface area contributed by atoms with Gasteiger partial charge in [0, 0.05) is 31.0 Å². The molecule has 190 valence electrons. The molecule has 11 heteroatoms. The summed E-state index contributed by atoms with van der Waals surface area (Å²) in [6.45, 7) is 9.51. The van der Waals surface area contributed by atoms with Gasteiger partial charge >= 0.3 is 0 Å². The molecular formula is C25H29FN6O4. The van der Waals surface area contributed by atoms with Gasteiger partial charge in [0.15, 0.2) is 5.82 Å². The highest BCUT2D eigenvalue weighted by Gasteiger charge is 2.34. The summed E-state index contributed by atoms with van der Waals surface area (Å²) < 4.78 is 20.0. The van der Waals surface area contributed by atoms with Crippen LogP contribution in [0, 0.1) is 19.7 Å². The maximum atomic E-state index is 14.7. The largest absolute Gasteiger partial charge is 0.337 e. The molecule has 1 fully saturated rings. The van der Waals surface area contributed by atoms with E-state index in [1.807, 2.05) is 13.8 Å². The number of hydrogen-bond donors (Lipinski definition) is 1. The highest BCUT2D eigenvalue weighted by molar-refractivity contribution is 5.97. The van der Waals surface area contributed by atoms with Crippen molar-refractivity contribution >= 4 is 11.8 Å². The van der Waals surface area contributed by atoms with Crippen molar-refractivity contribution in [3.8, 4) is 0 Å². The average molecular weight is 497 g/mol. The highest BCUT2D eigenvalue weighted by Crippen LogP contribution is 2.24. The Morgan fingerprint density at radius 1 is 1.17 bits per heavy atom. The molecule has 0 aliphatic carbocycles. The molecule has 0 bridgehead atoms. The van der Waals surface area contributed by atoms with Gasteiger partial charge in [-0.15, -0.1) is 0 Å². The van der Waals surface area contributed by atoms with Gasteiger partial charge in [-0.1, -0.05) is 25.1 Å². The SMILES string of the molecule is Cc1c(Cc2ccc(F)c(C(=O)N3CCN(C(C)c4nc(C(C)C)no4)C(=O)C3)c2)n[nH]c(=O)c1C. The van der Waals surface area contributed by atoms with Crippen LogP contribution < -0.4 is 5.56 Å². The summed E-state index contributed by atoms with van der Waals surface area (Å²) in [5.41, 5.74) is 2.23. The molecule has 1 N–H and O–H groups in total. The van der Waals surface area contributed by atoms with Crippen molar-refractivity contribution in [1.82, 2.24) is 30.1 Å². The van der Waals surface area contributed by atoms with Crippen LogP contribution in [0.4, 0.5) is 4.39 Å². The molecule has 2 aromatic heterocycles. The van der Waals surface area contributed by atoms with Crippen LogP contribution in [-0.4, -0.2) is 61.6 Å². The predicted octanol–water partition coefficient (Wildman–Crippen LogP) is 2.67. The van der Waals surface area contributed by atoms with Crippen LogP contribution in [0.1, 0.15) is 77.2 Å². The zero-order valence-electron chi connectivity index (χ0n) is 21.0. The monoisotopic (exact) mass is 496 g/mol. The molecule has 1 unspecified atom stereocenters. The minimum absolute atomic E-state index is 0.0958. The minimum Gasteiger partial charge on any atom is -0.337 e. The Morgan fingerprint density at radius 2 is 1.92 bits per heavy atom. The number of aromatic amines is 1. The lowest BCUT2D eigenvalue weighted by Gasteiger charge is -2.36. The molecule has 10 nitrogen and oxygen atoms in total. The Morgan fingerprint density at radius 3 is 2.58 bits per heavy atom. The van der Waals surface area contributed by atoms with Crippen LogP contribution in [-0.2, 0) is 11.2 Å². The molecule has 1 saturated heterocycles. The van der Waals surface area contributed by atoms with Crippen molar-refractivity contribution in [3.63, 3.8) is 0 Å². The van der Waals surface area contributed by atoms with Crippen molar-refractivity contribution < 1.29 is 18.5 Å². The van der Waals surface area contributed by atoms with E-state index in [1.54, 1.807) is 31.7 Å². The van der Waals surface area contributed by atoms with Gasteiger partial charge < -0.3 is 14.3 Å². The number of rotatable bonds is 6. The fourth-order valence-corrected chi connectivity index (χ4v) is 4.11. The van der Waals surface area contributed by atoms with Crippen LogP contribution in [0.15, 0.2) is 27.5 Å². The molecule has 2 amide bonds. The number of amides is 2. The number of benzene rings is 1. The number of carbonyl (C=O) groups excluding carboxylic acids is 2. The smallest absolute Gasteiger partial charge is 0.267 e. The number of nitrogens with one attached hydrogen (secondary N) is 1. The van der Waals surface area contributed by atoms with Gasteiger partial charge in [-0.3, -0.25) is 14.4 Å². The van der Waals surface area contributed by atoms with Crippen molar-refractivity contribution in [3.05, 3.63) is 74.0 Å². The fourth-order valence-electron chi connectivity index (χ4n) is 4.11. The van der Waals surface area contributed by atoms with Gasteiger partial charge in [0.05, 0.1) is 11.3 Å². The first-order valence-corrected chi connectivity index (χ1v) is 11.8. The van der Waals surface area contributed by atoms with E-state index in [1.165, 1.54) is 17.0 Å². The topological polar surface area (TPSA) is 125 Å². The van der Waals surface area contributed by atoms with Crippen molar-refractivity contribution in [2.75, 3.05) is 19.6 Å². The molecule has 0 saturated carbocycles. The molecule has 0 spiro atoms. The number of halogens is 1. The first kappa shape index (κ1) is 25.2. The third-order valence-electron chi connectivity index (χ3n) is 6.60. The Kier molecular flexibility index (Phi) is 7.00. The van der Waals surface area contributed by atoms with E-state index in [2.05, 4.69) is 20.3 Å². The van der Waals surface area contributed by atoms with Crippen LogP contribution in [0.3, 0.4) is 0 Å². The van der Waals surface area contributed by atoms with Crippen LogP contribution in [0.5, 0.6) is 0 Å². The maximum absolute atomic E-state index is 14.7. The second-order valence-corrected chi connectivity index (χ2v) is 9.38. The summed E-state index contributed by atoms with van der Waals surface area (Å²) in [6.07, 6.45) is 0.316. The number of nitrogens with zero attached hydrogens (tertiary/aromatic N) is 5. The number of H-pyrrole nitrogens is 1. The Bertz CT molecular complexity index is 1360. The maximum Gasteiger partial charge on any atom is 0.267 e. The van der Waals surface area contributed by atoms with Crippen LogP contribution in [0.25, 0.3) is 0 Å². The van der Waals surface area contributed by atoms with Crippen molar-refractivity contribution in [2.45, 2.75) is 53.0 Å². The van der Waals surface area contributed by atoms with Gasteiger partial charge in [0.1, 0.15) is 18.4 Å². The summed E-state index contributed by atoms with van der Waals surface area (Å²) in [4.78, 5) is 45.1. The number of aromatic nitrogens is 4. The lowest BCUT2D eigenvalue weighted by atomic mass is 10.0. The Hall–Kier alpha value is -3.89. The Balaban J connectivity index is 1.48. The summed E-state index contributed by atoms with van der Waals surface area (Å²) in [7, 11) is 0. The third-order valence-corrected chi connectivity index (χ3v) is 6.60. The lowest BCUT2D eigenvalue weighted by molar-refractivity contribution is -0.138. The van der Waals surface area contributed by atoms with E-state index in [0.29, 0.717) is 35.0 Å². The quantitative estimate of drug-likeness (QED) is 0.556. The summed E-state index contributed by atoms with van der Waals surface area (Å²) >= 11 is 0. The van der Waals surface area contributed by atoms with Crippen LogP contribution >= 0.6 is 0 Å². The average Bonchev–Trinajstić information content (AvgIpc) is 3.35. The van der Waals surface area contributed by atoms with E-state index in [-0.39, 0.29) is 42.6 Å². The fraction of sp³-hybridized carbons (Fsp3) is 0.440. The lowest BCUT2D eigenvalue weighted by Crippen LogP contribution is -2.53. The zero-order valence-corrected chi connectivity index (χ0v) is 21.0. The molecule has 1 aliphatic heterocycles. The normalized spacial score (nSPS) is 15.0. The predicted molar refractivity (Wildman–Crippen MR) is 128 cm³/mol. The molecule has 0 radical (unpaired) electrons. The molecule has 3 heterocycles. The van der Waals surface area contributed by atoms with E-state index < -0.39 is 17.8 Å². The molecule has 4 rings (SSSR count). The highest BCUT2D eigenvalue weighted by atomic mass is 19.1. The number of carbonyl (C=O) groups is 2. The molecule has 1 aliphatic rings. The minimum atomic E-state index is -0.665. The number of piperazine rings is 1. The van der Waals surface area contributed by atoms with E-state index in [4.69, 9.17) is 4.52 Å². The molecule has 3 aromatic rings. The van der Waals surface area contributed by atoms with Gasteiger partial charge in [-0.05, 0) is 44.0 Å². The van der Waals surface area contributed by atoms with Crippen molar-refractivity contribution in [2.24, 2.45) is 0 Å². The van der Waals surface area contributed by atoms with Gasteiger partial charge in [-0.25, -0.2) is 9.49 Å². The van der Waals surface area contributed by atoms with Crippen molar-refractivity contribution in [1.29, 1.82) is 0 Å².